The molecule has 0 aromatic heterocycles. The average molecular weight is 360 g/mol. The van der Waals surface area contributed by atoms with E-state index in [0.29, 0.717) is 18.3 Å². The molecule has 26 heavy (non-hydrogen) atoms. The minimum absolute atomic E-state index is 0.0658. The van der Waals surface area contributed by atoms with Crippen molar-refractivity contribution in [3.63, 3.8) is 0 Å². The number of anilines is 2. The average Bonchev–Trinajstić information content (AvgIpc) is 3.45. The maximum Gasteiger partial charge on any atom is 0.0851 e. The van der Waals surface area contributed by atoms with E-state index in [2.05, 4.69) is 6.07 Å². The summed E-state index contributed by atoms with van der Waals surface area (Å²) in [5, 5.41) is 0. The topological polar surface area (TPSA) is 102 Å². The zero-order chi connectivity index (χ0) is 17.9. The molecule has 0 aliphatic carbocycles. The lowest BCUT2D eigenvalue weighted by Crippen LogP contribution is -2.34. The molecule has 5 rings (SSSR count). The Morgan fingerprint density at radius 1 is 0.885 bits per heavy atom. The highest BCUT2D eigenvalue weighted by molar-refractivity contribution is 5.69. The molecule has 6 heteroatoms. The van der Waals surface area contributed by atoms with Gasteiger partial charge in [0.15, 0.2) is 0 Å². The van der Waals surface area contributed by atoms with Gasteiger partial charge < -0.3 is 30.4 Å². The quantitative estimate of drug-likeness (QED) is 0.513. The molecule has 1 aromatic rings. The van der Waals surface area contributed by atoms with Crippen LogP contribution < -0.4 is 11.5 Å². The van der Waals surface area contributed by atoms with Gasteiger partial charge in [-0.3, -0.25) is 0 Å². The van der Waals surface area contributed by atoms with Crippen LogP contribution in [-0.4, -0.2) is 50.8 Å². The van der Waals surface area contributed by atoms with Crippen LogP contribution in [0.15, 0.2) is 6.07 Å². The molecule has 6 nitrogen and oxygen atoms in total. The molecule has 4 aliphatic rings. The minimum Gasteiger partial charge on any atom is -0.398 e. The van der Waals surface area contributed by atoms with E-state index in [1.54, 1.807) is 0 Å². The van der Waals surface area contributed by atoms with Gasteiger partial charge in [-0.15, -0.1) is 0 Å². The summed E-state index contributed by atoms with van der Waals surface area (Å²) in [6.07, 6.45) is 5.03. The van der Waals surface area contributed by atoms with Crippen LogP contribution >= 0.6 is 0 Å². The SMILES string of the molecule is Cc1c(N)cc(C(CC2CO2)(CC2CO2)CC2CO2)c(CC2CO2)c1N. The molecule has 0 amide bonds. The Morgan fingerprint density at radius 3 is 1.77 bits per heavy atom. The summed E-state index contributed by atoms with van der Waals surface area (Å²) in [6, 6.07) is 2.16. The van der Waals surface area contributed by atoms with Gasteiger partial charge in [-0.25, -0.2) is 0 Å². The van der Waals surface area contributed by atoms with E-state index < -0.39 is 0 Å². The van der Waals surface area contributed by atoms with E-state index >= 15 is 0 Å². The Hall–Kier alpha value is -1.34. The number of nitrogens with two attached hydrogens (primary N) is 2. The zero-order valence-electron chi connectivity index (χ0n) is 15.3. The van der Waals surface area contributed by atoms with Crippen molar-refractivity contribution in [3.8, 4) is 0 Å². The number of hydrogen-bond acceptors (Lipinski definition) is 6. The van der Waals surface area contributed by atoms with Crippen LogP contribution in [-0.2, 0) is 30.8 Å². The van der Waals surface area contributed by atoms with Crippen molar-refractivity contribution in [1.82, 2.24) is 0 Å². The fourth-order valence-electron chi connectivity index (χ4n) is 4.43. The van der Waals surface area contributed by atoms with Gasteiger partial charge in [-0.05, 0) is 48.9 Å². The lowest BCUT2D eigenvalue weighted by atomic mass is 9.67. The van der Waals surface area contributed by atoms with Crippen LogP contribution in [0.5, 0.6) is 0 Å². The van der Waals surface area contributed by atoms with Crippen molar-refractivity contribution >= 4 is 11.4 Å². The third-order valence-corrected chi connectivity index (χ3v) is 6.25. The van der Waals surface area contributed by atoms with E-state index in [1.165, 1.54) is 11.1 Å². The second-order valence-electron chi connectivity index (χ2n) is 8.45. The van der Waals surface area contributed by atoms with Gasteiger partial charge >= 0.3 is 0 Å². The summed E-state index contributed by atoms with van der Waals surface area (Å²) in [5.74, 6) is 0. The standard InChI is InChI=1S/C20H28N2O4/c1-11-18(21)3-17(16(19(11)22)2-12-7-23-12)20(4-13-8-24-13,5-14-9-25-14)6-15-10-26-15/h3,12-15H,2,4-10,21-22H2,1H3. The molecule has 4 aliphatic heterocycles. The molecule has 4 N–H and O–H groups in total. The van der Waals surface area contributed by atoms with E-state index in [9.17, 15) is 0 Å². The van der Waals surface area contributed by atoms with Gasteiger partial charge in [0.05, 0.1) is 50.8 Å². The summed E-state index contributed by atoms with van der Waals surface area (Å²) in [4.78, 5) is 0. The Balaban J connectivity index is 1.60. The first kappa shape index (κ1) is 16.8. The predicted molar refractivity (Wildman–Crippen MR) is 98.2 cm³/mol. The number of hydrogen-bond donors (Lipinski definition) is 2. The van der Waals surface area contributed by atoms with Gasteiger partial charge in [0.2, 0.25) is 0 Å². The first-order chi connectivity index (χ1) is 12.5. The molecule has 4 fully saturated rings. The van der Waals surface area contributed by atoms with Gasteiger partial charge in [0, 0.05) is 23.2 Å². The fraction of sp³-hybridized carbons (Fsp3) is 0.700. The third kappa shape index (κ3) is 3.43. The van der Waals surface area contributed by atoms with Crippen molar-refractivity contribution in [1.29, 1.82) is 0 Å². The highest BCUT2D eigenvalue weighted by Crippen LogP contribution is 2.49. The molecule has 0 bridgehead atoms. The molecule has 4 heterocycles. The van der Waals surface area contributed by atoms with Crippen LogP contribution in [0.25, 0.3) is 0 Å². The summed E-state index contributed by atoms with van der Waals surface area (Å²) in [7, 11) is 0. The number of epoxide rings is 4. The van der Waals surface area contributed by atoms with Crippen LogP contribution in [0.1, 0.15) is 36.0 Å². The molecule has 0 saturated carbocycles. The van der Waals surface area contributed by atoms with Gasteiger partial charge in [-0.2, -0.15) is 0 Å². The number of ether oxygens (including phenoxy) is 4. The molecular weight excluding hydrogens is 332 g/mol. The van der Waals surface area contributed by atoms with Crippen LogP contribution in [0, 0.1) is 6.92 Å². The molecule has 1 aromatic carbocycles. The minimum atomic E-state index is -0.0658. The largest absolute Gasteiger partial charge is 0.398 e. The Morgan fingerprint density at radius 2 is 1.35 bits per heavy atom. The molecule has 4 saturated heterocycles. The highest BCUT2D eigenvalue weighted by atomic mass is 16.6. The van der Waals surface area contributed by atoms with E-state index in [0.717, 1.165) is 69.0 Å². The lowest BCUT2D eigenvalue weighted by Gasteiger charge is -2.36. The number of nitrogen functional groups attached to an aromatic ring is 2. The zero-order valence-corrected chi connectivity index (χ0v) is 15.3. The van der Waals surface area contributed by atoms with Crippen LogP contribution in [0.2, 0.25) is 0 Å². The number of rotatable bonds is 9. The summed E-state index contributed by atoms with van der Waals surface area (Å²) in [5.41, 5.74) is 17.9. The van der Waals surface area contributed by atoms with E-state index in [-0.39, 0.29) is 11.5 Å². The normalized spacial score (nSPS) is 33.6. The van der Waals surface area contributed by atoms with Crippen LogP contribution in [0.4, 0.5) is 11.4 Å². The fourth-order valence-corrected chi connectivity index (χ4v) is 4.43. The maximum absolute atomic E-state index is 6.57. The molecule has 0 radical (unpaired) electrons. The smallest absolute Gasteiger partial charge is 0.0851 e. The maximum atomic E-state index is 6.57. The van der Waals surface area contributed by atoms with Gasteiger partial charge in [0.25, 0.3) is 0 Å². The van der Waals surface area contributed by atoms with Crippen molar-refractivity contribution in [2.75, 3.05) is 37.9 Å². The predicted octanol–water partition coefficient (Wildman–Crippen LogP) is 1.71. The second kappa shape index (κ2) is 6.09. The van der Waals surface area contributed by atoms with E-state index in [1.807, 2.05) is 6.92 Å². The van der Waals surface area contributed by atoms with Crippen LogP contribution in [0.3, 0.4) is 0 Å². The van der Waals surface area contributed by atoms with Gasteiger partial charge in [-0.1, -0.05) is 0 Å². The second-order valence-corrected chi connectivity index (χ2v) is 8.45. The molecule has 142 valence electrons. The third-order valence-electron chi connectivity index (χ3n) is 6.25. The first-order valence-electron chi connectivity index (χ1n) is 9.68. The van der Waals surface area contributed by atoms with Crippen molar-refractivity contribution in [2.24, 2.45) is 0 Å². The molecule has 0 spiro atoms. The number of benzene rings is 1. The Labute approximate surface area is 154 Å². The first-order valence-corrected chi connectivity index (χ1v) is 9.68. The summed E-state index contributed by atoms with van der Waals surface area (Å²) >= 11 is 0. The van der Waals surface area contributed by atoms with Crippen molar-refractivity contribution in [2.45, 2.75) is 62.4 Å². The summed E-state index contributed by atoms with van der Waals surface area (Å²) in [6.45, 7) is 5.36. The highest BCUT2D eigenvalue weighted by Gasteiger charge is 2.48. The van der Waals surface area contributed by atoms with E-state index in [4.69, 9.17) is 30.4 Å². The summed E-state index contributed by atoms with van der Waals surface area (Å²) < 4.78 is 22.4. The molecule has 4 atom stereocenters. The molecular formula is C20H28N2O4. The van der Waals surface area contributed by atoms with Crippen molar-refractivity contribution < 1.29 is 18.9 Å². The Bertz CT molecular complexity index is 670. The van der Waals surface area contributed by atoms with Gasteiger partial charge in [0.1, 0.15) is 0 Å². The Kier molecular flexibility index (Phi) is 3.94. The molecule has 4 unspecified atom stereocenters. The van der Waals surface area contributed by atoms with Crippen molar-refractivity contribution in [3.05, 3.63) is 22.8 Å². The monoisotopic (exact) mass is 360 g/mol. The lowest BCUT2D eigenvalue weighted by molar-refractivity contribution is 0.231.